The van der Waals surface area contributed by atoms with E-state index in [1.54, 1.807) is 0 Å². The van der Waals surface area contributed by atoms with Gasteiger partial charge in [0.15, 0.2) is 10.8 Å². The topological polar surface area (TPSA) is 68.0 Å². The van der Waals surface area contributed by atoms with Crippen LogP contribution in [0.3, 0.4) is 0 Å². The van der Waals surface area contributed by atoms with Crippen molar-refractivity contribution in [3.8, 4) is 0 Å². The first-order chi connectivity index (χ1) is 9.11. The molecule has 0 saturated heterocycles. The largest absolute Gasteiger partial charge is 0.481 e. The van der Waals surface area contributed by atoms with Crippen molar-refractivity contribution in [3.05, 3.63) is 30.5 Å². The number of aromatic nitrogens is 3. The molecule has 2 heterocycles. The number of aliphatic carboxylic acids is 1. The predicted molar refractivity (Wildman–Crippen MR) is 75.4 cm³/mol. The molecule has 0 aliphatic carbocycles. The van der Waals surface area contributed by atoms with Gasteiger partial charge in [-0.3, -0.25) is 4.79 Å². The molecule has 0 radical (unpaired) electrons. The Hall–Kier alpha value is -1.82. The van der Waals surface area contributed by atoms with Gasteiger partial charge >= 0.3 is 5.97 Å². The summed E-state index contributed by atoms with van der Waals surface area (Å²) in [5.41, 5.74) is 2.51. The Morgan fingerprint density at radius 2 is 2.32 bits per heavy atom. The van der Waals surface area contributed by atoms with Crippen LogP contribution in [0.25, 0.3) is 11.2 Å². The molecule has 5 nitrogen and oxygen atoms in total. The summed E-state index contributed by atoms with van der Waals surface area (Å²) in [5.74, 6) is -0.854. The van der Waals surface area contributed by atoms with Gasteiger partial charge in [-0.2, -0.15) is 0 Å². The van der Waals surface area contributed by atoms with Gasteiger partial charge in [-0.05, 0) is 25.5 Å². The Kier molecular flexibility index (Phi) is 4.21. The molecule has 2 rings (SSSR count). The van der Waals surface area contributed by atoms with E-state index < -0.39 is 5.97 Å². The first kappa shape index (κ1) is 13.6. The van der Waals surface area contributed by atoms with E-state index in [4.69, 9.17) is 5.11 Å². The van der Waals surface area contributed by atoms with Crippen molar-refractivity contribution in [3.63, 3.8) is 0 Å². The van der Waals surface area contributed by atoms with Crippen molar-refractivity contribution in [2.45, 2.75) is 25.0 Å². The number of fused-ring (bicyclic) bond motifs is 1. The number of rotatable bonds is 6. The molecule has 0 unspecified atom stereocenters. The lowest BCUT2D eigenvalue weighted by atomic mass is 10.3. The average Bonchev–Trinajstić information content (AvgIpc) is 2.71. The van der Waals surface area contributed by atoms with Crippen molar-refractivity contribution in [1.29, 1.82) is 0 Å². The summed E-state index contributed by atoms with van der Waals surface area (Å²) in [7, 11) is 0. The molecule has 6 heteroatoms. The number of thioether (sulfide) groups is 1. The SMILES string of the molecule is C=CCCn1c(SCC(=O)O)nc2ccc(C)nc21. The van der Waals surface area contributed by atoms with Gasteiger partial charge in [0.05, 0.1) is 5.75 Å². The van der Waals surface area contributed by atoms with Gasteiger partial charge in [0.2, 0.25) is 0 Å². The van der Waals surface area contributed by atoms with Gasteiger partial charge < -0.3 is 9.67 Å². The maximum atomic E-state index is 10.7. The monoisotopic (exact) mass is 277 g/mol. The van der Waals surface area contributed by atoms with E-state index in [1.807, 2.05) is 29.7 Å². The Morgan fingerprint density at radius 1 is 1.53 bits per heavy atom. The fourth-order valence-electron chi connectivity index (χ4n) is 1.73. The number of hydrogen-bond donors (Lipinski definition) is 1. The summed E-state index contributed by atoms with van der Waals surface area (Å²) in [6, 6.07) is 3.81. The summed E-state index contributed by atoms with van der Waals surface area (Å²) >= 11 is 1.22. The van der Waals surface area contributed by atoms with Crippen LogP contribution in [0.1, 0.15) is 12.1 Å². The molecule has 100 valence electrons. The van der Waals surface area contributed by atoms with Crippen LogP contribution in [-0.2, 0) is 11.3 Å². The maximum absolute atomic E-state index is 10.7. The molecule has 0 bridgehead atoms. The number of nitrogens with zero attached hydrogens (tertiary/aromatic N) is 3. The molecule has 1 N–H and O–H groups in total. The normalized spacial score (nSPS) is 10.8. The third kappa shape index (κ3) is 3.14. The first-order valence-corrected chi connectivity index (χ1v) is 6.89. The van der Waals surface area contributed by atoms with Gasteiger partial charge in [0.1, 0.15) is 5.52 Å². The Morgan fingerprint density at radius 3 is 3.00 bits per heavy atom. The van der Waals surface area contributed by atoms with Gasteiger partial charge in [-0.25, -0.2) is 9.97 Å². The van der Waals surface area contributed by atoms with E-state index >= 15 is 0 Å². The minimum absolute atomic E-state index is 0.00358. The summed E-state index contributed by atoms with van der Waals surface area (Å²) < 4.78 is 1.96. The smallest absolute Gasteiger partial charge is 0.313 e. The molecule has 2 aromatic heterocycles. The van der Waals surface area contributed by atoms with Crippen molar-refractivity contribution >= 4 is 28.9 Å². The highest BCUT2D eigenvalue weighted by Gasteiger charge is 2.13. The Bertz CT molecular complexity index is 622. The second kappa shape index (κ2) is 5.88. The van der Waals surface area contributed by atoms with Crippen molar-refractivity contribution in [2.24, 2.45) is 0 Å². The molecule has 0 aromatic carbocycles. The van der Waals surface area contributed by atoms with Crippen LogP contribution in [0.4, 0.5) is 0 Å². The predicted octanol–water partition coefficient (Wildman–Crippen LogP) is 2.49. The Balaban J connectivity index is 2.42. The van der Waals surface area contributed by atoms with E-state index in [-0.39, 0.29) is 5.75 Å². The number of aryl methyl sites for hydroxylation is 2. The molecule has 0 saturated carbocycles. The highest BCUT2D eigenvalue weighted by Crippen LogP contribution is 2.23. The minimum Gasteiger partial charge on any atom is -0.481 e. The van der Waals surface area contributed by atoms with E-state index in [0.29, 0.717) is 11.7 Å². The van der Waals surface area contributed by atoms with Crippen LogP contribution in [0, 0.1) is 6.92 Å². The molecule has 0 aliphatic heterocycles. The van der Waals surface area contributed by atoms with E-state index in [0.717, 1.165) is 23.3 Å². The molecule has 0 fully saturated rings. The molecule has 0 amide bonds. The van der Waals surface area contributed by atoms with Gasteiger partial charge in [-0.1, -0.05) is 17.8 Å². The van der Waals surface area contributed by atoms with E-state index in [1.165, 1.54) is 11.8 Å². The zero-order valence-corrected chi connectivity index (χ0v) is 11.5. The average molecular weight is 277 g/mol. The molecule has 0 atom stereocenters. The van der Waals surface area contributed by atoms with Crippen molar-refractivity contribution in [1.82, 2.24) is 14.5 Å². The molecular weight excluding hydrogens is 262 g/mol. The van der Waals surface area contributed by atoms with Crippen LogP contribution < -0.4 is 0 Å². The third-order valence-electron chi connectivity index (χ3n) is 2.58. The first-order valence-electron chi connectivity index (χ1n) is 5.91. The molecule has 2 aromatic rings. The second-order valence-electron chi connectivity index (χ2n) is 4.10. The standard InChI is InChI=1S/C13H15N3O2S/c1-3-4-7-16-12-10(6-5-9(2)14-12)15-13(16)19-8-11(17)18/h3,5-6H,1,4,7-8H2,2H3,(H,17,18). The van der Waals surface area contributed by atoms with Crippen LogP contribution in [0.15, 0.2) is 29.9 Å². The number of pyridine rings is 1. The molecule has 0 spiro atoms. The number of carbonyl (C=O) groups is 1. The third-order valence-corrected chi connectivity index (χ3v) is 3.54. The number of carboxylic acid groups (broad SMARTS) is 1. The lowest BCUT2D eigenvalue weighted by molar-refractivity contribution is -0.133. The van der Waals surface area contributed by atoms with Gasteiger partial charge in [0.25, 0.3) is 0 Å². The number of allylic oxidation sites excluding steroid dienone is 1. The Labute approximate surface area is 115 Å². The summed E-state index contributed by atoms with van der Waals surface area (Å²) in [4.78, 5) is 19.6. The van der Waals surface area contributed by atoms with Crippen molar-refractivity contribution in [2.75, 3.05) is 5.75 Å². The molecule has 0 aliphatic rings. The number of carboxylic acids is 1. The van der Waals surface area contributed by atoms with E-state index in [9.17, 15) is 4.79 Å². The maximum Gasteiger partial charge on any atom is 0.313 e. The second-order valence-corrected chi connectivity index (χ2v) is 5.04. The fraction of sp³-hybridized carbons (Fsp3) is 0.308. The molecule has 19 heavy (non-hydrogen) atoms. The number of imidazole rings is 1. The summed E-state index contributed by atoms with van der Waals surface area (Å²) in [6.45, 7) is 6.34. The zero-order valence-electron chi connectivity index (χ0n) is 10.7. The molecular formula is C13H15N3O2S. The highest BCUT2D eigenvalue weighted by atomic mass is 32.2. The van der Waals surface area contributed by atoms with Gasteiger partial charge in [-0.15, -0.1) is 6.58 Å². The number of hydrogen-bond acceptors (Lipinski definition) is 4. The quantitative estimate of drug-likeness (QED) is 0.649. The highest BCUT2D eigenvalue weighted by molar-refractivity contribution is 7.99. The van der Waals surface area contributed by atoms with Gasteiger partial charge in [0, 0.05) is 12.2 Å². The van der Waals surface area contributed by atoms with Crippen LogP contribution >= 0.6 is 11.8 Å². The van der Waals surface area contributed by atoms with Crippen LogP contribution in [-0.4, -0.2) is 31.4 Å². The lowest BCUT2D eigenvalue weighted by Gasteiger charge is -2.05. The van der Waals surface area contributed by atoms with Crippen LogP contribution in [0.5, 0.6) is 0 Å². The zero-order chi connectivity index (χ0) is 13.8. The summed E-state index contributed by atoms with van der Waals surface area (Å²) in [5, 5.41) is 9.46. The van der Waals surface area contributed by atoms with Crippen molar-refractivity contribution < 1.29 is 9.90 Å². The lowest BCUT2D eigenvalue weighted by Crippen LogP contribution is -2.04. The fourth-order valence-corrected chi connectivity index (χ4v) is 2.48. The summed E-state index contributed by atoms with van der Waals surface area (Å²) in [6.07, 6.45) is 2.62. The van der Waals surface area contributed by atoms with Crippen LogP contribution in [0.2, 0.25) is 0 Å². The van der Waals surface area contributed by atoms with E-state index in [2.05, 4.69) is 16.5 Å². The minimum atomic E-state index is -0.850.